The lowest BCUT2D eigenvalue weighted by atomic mass is 9.92. The van der Waals surface area contributed by atoms with E-state index in [-0.39, 0.29) is 23.8 Å². The van der Waals surface area contributed by atoms with Gasteiger partial charge in [0.15, 0.2) is 0 Å². The van der Waals surface area contributed by atoms with Gasteiger partial charge in [0.05, 0.1) is 12.1 Å². The second kappa shape index (κ2) is 4.39. The summed E-state index contributed by atoms with van der Waals surface area (Å²) in [5, 5.41) is 12.6. The normalized spacial score (nSPS) is 24.1. The van der Waals surface area contributed by atoms with Crippen LogP contribution < -0.4 is 5.32 Å². The Morgan fingerprint density at radius 1 is 1.44 bits per heavy atom. The predicted octanol–water partition coefficient (Wildman–Crippen LogP) is 2.06. The summed E-state index contributed by atoms with van der Waals surface area (Å²) in [5.74, 6) is 0.118. The summed E-state index contributed by atoms with van der Waals surface area (Å²) in [7, 11) is 0. The Labute approximate surface area is 108 Å². The van der Waals surface area contributed by atoms with Gasteiger partial charge in [-0.15, -0.1) is 0 Å². The summed E-state index contributed by atoms with van der Waals surface area (Å²) in [6.07, 6.45) is 0.926. The average molecular weight is 247 g/mol. The van der Waals surface area contributed by atoms with Gasteiger partial charge < -0.3 is 10.4 Å². The lowest BCUT2D eigenvalue weighted by Gasteiger charge is -2.29. The van der Waals surface area contributed by atoms with E-state index in [9.17, 15) is 9.90 Å². The molecule has 2 atom stereocenters. The molecular weight excluding hydrogens is 226 g/mol. The molecule has 0 spiro atoms. The fourth-order valence-corrected chi connectivity index (χ4v) is 2.28. The molecule has 1 aliphatic rings. The molecule has 0 heterocycles. The minimum atomic E-state index is -0.697. The number of hydrogen-bond donors (Lipinski definition) is 2. The second-order valence-electron chi connectivity index (χ2n) is 6.09. The molecule has 1 fully saturated rings. The molecule has 18 heavy (non-hydrogen) atoms. The summed E-state index contributed by atoms with van der Waals surface area (Å²) in [6.45, 7) is 5.94. The molecule has 3 nitrogen and oxygen atoms in total. The Balaban J connectivity index is 2.12. The number of benzene rings is 1. The van der Waals surface area contributed by atoms with E-state index in [1.165, 1.54) is 0 Å². The van der Waals surface area contributed by atoms with E-state index < -0.39 is 5.54 Å². The molecule has 1 aliphatic carbocycles. The van der Waals surface area contributed by atoms with E-state index in [0.29, 0.717) is 0 Å². The Hall–Kier alpha value is -1.35. The van der Waals surface area contributed by atoms with Crippen molar-refractivity contribution in [3.05, 3.63) is 35.9 Å². The van der Waals surface area contributed by atoms with Gasteiger partial charge in [0.25, 0.3) is 0 Å². The van der Waals surface area contributed by atoms with E-state index >= 15 is 0 Å². The largest absolute Gasteiger partial charge is 0.394 e. The molecule has 0 bridgehead atoms. The molecule has 2 rings (SSSR count). The van der Waals surface area contributed by atoms with Crippen molar-refractivity contribution < 1.29 is 9.90 Å². The lowest BCUT2D eigenvalue weighted by molar-refractivity contribution is -0.125. The number of carbonyl (C=O) groups is 1. The molecule has 0 aliphatic heterocycles. The van der Waals surface area contributed by atoms with E-state index in [4.69, 9.17) is 0 Å². The smallest absolute Gasteiger partial charge is 0.224 e. The number of hydrogen-bond acceptors (Lipinski definition) is 2. The van der Waals surface area contributed by atoms with Gasteiger partial charge in [0.2, 0.25) is 5.91 Å². The monoisotopic (exact) mass is 247 g/mol. The minimum Gasteiger partial charge on any atom is -0.394 e. The molecule has 1 amide bonds. The Bertz CT molecular complexity index is 441. The summed E-state index contributed by atoms with van der Waals surface area (Å²) in [4.78, 5) is 12.1. The van der Waals surface area contributed by atoms with Gasteiger partial charge in [0.1, 0.15) is 0 Å². The number of carbonyl (C=O) groups excluding carboxylic acids is 1. The van der Waals surface area contributed by atoms with Crippen LogP contribution in [0.25, 0.3) is 0 Å². The van der Waals surface area contributed by atoms with Gasteiger partial charge in [-0.05, 0) is 24.3 Å². The molecule has 1 aromatic carbocycles. The first-order valence-electron chi connectivity index (χ1n) is 6.37. The van der Waals surface area contributed by atoms with Crippen molar-refractivity contribution in [2.45, 2.75) is 32.7 Å². The zero-order valence-corrected chi connectivity index (χ0v) is 11.2. The van der Waals surface area contributed by atoms with Gasteiger partial charge in [0, 0.05) is 5.92 Å². The van der Waals surface area contributed by atoms with E-state index in [1.807, 2.05) is 37.3 Å². The van der Waals surface area contributed by atoms with Gasteiger partial charge in [-0.25, -0.2) is 0 Å². The van der Waals surface area contributed by atoms with Crippen molar-refractivity contribution in [3.63, 3.8) is 0 Å². The molecular formula is C15H21NO2. The van der Waals surface area contributed by atoms with Gasteiger partial charge in [-0.3, -0.25) is 4.79 Å². The molecule has 2 N–H and O–H groups in total. The first-order valence-corrected chi connectivity index (χ1v) is 6.37. The van der Waals surface area contributed by atoms with Crippen LogP contribution in [0.2, 0.25) is 0 Å². The first kappa shape index (κ1) is 13.1. The fourth-order valence-electron chi connectivity index (χ4n) is 2.28. The molecule has 0 aromatic heterocycles. The maximum Gasteiger partial charge on any atom is 0.224 e. The van der Waals surface area contributed by atoms with E-state index in [2.05, 4.69) is 19.2 Å². The topological polar surface area (TPSA) is 49.3 Å². The molecule has 0 saturated heterocycles. The zero-order chi connectivity index (χ0) is 13.4. The molecule has 0 radical (unpaired) electrons. The second-order valence-corrected chi connectivity index (χ2v) is 6.09. The summed E-state index contributed by atoms with van der Waals surface area (Å²) >= 11 is 0. The predicted molar refractivity (Wildman–Crippen MR) is 70.9 cm³/mol. The maximum absolute atomic E-state index is 12.1. The summed E-state index contributed by atoms with van der Waals surface area (Å²) in [6, 6.07) is 9.60. The Kier molecular flexibility index (Phi) is 3.20. The maximum atomic E-state index is 12.1. The third kappa shape index (κ3) is 2.41. The summed E-state index contributed by atoms with van der Waals surface area (Å²) < 4.78 is 0. The van der Waals surface area contributed by atoms with Crippen molar-refractivity contribution in [1.29, 1.82) is 0 Å². The van der Waals surface area contributed by atoms with Crippen LogP contribution in [0, 0.1) is 11.3 Å². The number of rotatable bonds is 4. The lowest BCUT2D eigenvalue weighted by Crippen LogP contribution is -2.47. The van der Waals surface area contributed by atoms with Crippen LogP contribution >= 0.6 is 0 Å². The van der Waals surface area contributed by atoms with Crippen LogP contribution in [0.15, 0.2) is 30.3 Å². The summed E-state index contributed by atoms with van der Waals surface area (Å²) in [5.41, 5.74) is 0.341. The quantitative estimate of drug-likeness (QED) is 0.855. The third-order valence-corrected chi connectivity index (χ3v) is 3.96. The minimum absolute atomic E-state index is 0.0420. The Morgan fingerprint density at radius 2 is 2.00 bits per heavy atom. The highest BCUT2D eigenvalue weighted by atomic mass is 16.3. The zero-order valence-electron chi connectivity index (χ0n) is 11.2. The molecule has 98 valence electrons. The average Bonchev–Trinajstić information content (AvgIpc) is 2.99. The highest BCUT2D eigenvalue weighted by Gasteiger charge is 2.51. The molecule has 1 saturated carbocycles. The SMILES string of the molecule is CC(CO)(NC(=O)C1CC1(C)C)c1ccccc1. The van der Waals surface area contributed by atoms with Gasteiger partial charge in [-0.2, -0.15) is 0 Å². The molecule has 3 heteroatoms. The first-order chi connectivity index (χ1) is 8.39. The van der Waals surface area contributed by atoms with E-state index in [0.717, 1.165) is 12.0 Å². The van der Waals surface area contributed by atoms with Crippen LogP contribution in [0.5, 0.6) is 0 Å². The number of aliphatic hydroxyl groups excluding tert-OH is 1. The van der Waals surface area contributed by atoms with Crippen LogP contribution in [0.4, 0.5) is 0 Å². The highest BCUT2D eigenvalue weighted by molar-refractivity contribution is 5.83. The van der Waals surface area contributed by atoms with Crippen molar-refractivity contribution in [2.24, 2.45) is 11.3 Å². The van der Waals surface area contributed by atoms with Crippen LogP contribution in [-0.2, 0) is 10.3 Å². The fraction of sp³-hybridized carbons (Fsp3) is 0.533. The van der Waals surface area contributed by atoms with Gasteiger partial charge in [-0.1, -0.05) is 44.2 Å². The molecule has 2 unspecified atom stereocenters. The standard InChI is InChI=1S/C15H21NO2/c1-14(2)9-12(14)13(18)16-15(3,10-17)11-7-5-4-6-8-11/h4-8,12,17H,9-10H2,1-3H3,(H,16,18). The third-order valence-electron chi connectivity index (χ3n) is 3.96. The number of amides is 1. The Morgan fingerprint density at radius 3 is 2.44 bits per heavy atom. The van der Waals surface area contributed by atoms with Crippen molar-refractivity contribution in [3.8, 4) is 0 Å². The van der Waals surface area contributed by atoms with Crippen molar-refractivity contribution >= 4 is 5.91 Å². The van der Waals surface area contributed by atoms with E-state index in [1.54, 1.807) is 0 Å². The van der Waals surface area contributed by atoms with Crippen molar-refractivity contribution in [1.82, 2.24) is 5.32 Å². The molecule has 1 aromatic rings. The van der Waals surface area contributed by atoms with Crippen LogP contribution in [-0.4, -0.2) is 17.6 Å². The van der Waals surface area contributed by atoms with Crippen LogP contribution in [0.3, 0.4) is 0 Å². The number of nitrogens with one attached hydrogen (secondary N) is 1. The van der Waals surface area contributed by atoms with Crippen molar-refractivity contribution in [2.75, 3.05) is 6.61 Å². The van der Waals surface area contributed by atoms with Gasteiger partial charge >= 0.3 is 0 Å². The number of aliphatic hydroxyl groups is 1. The van der Waals surface area contributed by atoms with Crippen LogP contribution in [0.1, 0.15) is 32.8 Å². The highest BCUT2D eigenvalue weighted by Crippen LogP contribution is 2.51.